The van der Waals surface area contributed by atoms with Gasteiger partial charge in [-0.15, -0.1) is 0 Å². The van der Waals surface area contributed by atoms with Gasteiger partial charge < -0.3 is 18.9 Å². The predicted molar refractivity (Wildman–Crippen MR) is 101 cm³/mol. The maximum atomic E-state index is 12.3. The first kappa shape index (κ1) is 21.1. The van der Waals surface area contributed by atoms with Gasteiger partial charge in [-0.05, 0) is 42.7 Å². The lowest BCUT2D eigenvalue weighted by Crippen LogP contribution is -2.36. The van der Waals surface area contributed by atoms with Gasteiger partial charge in [-0.25, -0.2) is 9.59 Å². The van der Waals surface area contributed by atoms with E-state index in [2.05, 4.69) is 20.8 Å². The average molecular weight is 378 g/mol. The molecule has 150 valence electrons. The van der Waals surface area contributed by atoms with Crippen molar-refractivity contribution in [3.63, 3.8) is 0 Å². The Hall–Kier alpha value is -2.24. The number of hydrogen-bond acceptors (Lipinski definition) is 6. The van der Waals surface area contributed by atoms with Gasteiger partial charge in [-0.3, -0.25) is 0 Å². The first-order valence-corrected chi connectivity index (χ1v) is 9.44. The molecule has 1 aromatic carbocycles. The van der Waals surface area contributed by atoms with Crippen molar-refractivity contribution >= 4 is 11.9 Å². The van der Waals surface area contributed by atoms with Crippen molar-refractivity contribution in [1.29, 1.82) is 0 Å². The van der Waals surface area contributed by atoms with Crippen molar-refractivity contribution in [3.8, 4) is 11.5 Å². The fraction of sp³-hybridized carbons (Fsp3) is 0.619. The van der Waals surface area contributed by atoms with E-state index in [9.17, 15) is 9.59 Å². The molecule has 0 amide bonds. The quantitative estimate of drug-likeness (QED) is 0.671. The van der Waals surface area contributed by atoms with Crippen molar-refractivity contribution in [2.45, 2.75) is 46.1 Å². The van der Waals surface area contributed by atoms with Crippen molar-refractivity contribution in [3.05, 3.63) is 23.8 Å². The molecule has 6 heteroatoms. The van der Waals surface area contributed by atoms with Gasteiger partial charge in [-0.1, -0.05) is 27.2 Å². The summed E-state index contributed by atoms with van der Waals surface area (Å²) in [4.78, 5) is 24.5. The summed E-state index contributed by atoms with van der Waals surface area (Å²) in [6, 6.07) is 4.77. The molecule has 0 N–H and O–H groups in total. The fourth-order valence-corrected chi connectivity index (χ4v) is 3.62. The van der Waals surface area contributed by atoms with Crippen LogP contribution in [-0.4, -0.2) is 38.9 Å². The van der Waals surface area contributed by atoms with Gasteiger partial charge in [0.2, 0.25) is 0 Å². The molecule has 1 aliphatic carbocycles. The maximum Gasteiger partial charge on any atom is 0.344 e. The largest absolute Gasteiger partial charge is 0.497 e. The summed E-state index contributed by atoms with van der Waals surface area (Å²) in [7, 11) is 2.98. The normalized spacial score (nSPS) is 22.2. The standard InChI is InChI=1S/C21H30O6/c1-13(2)16-8-6-14(3)10-19(16)27-20(22)12-26-21(23)17-9-7-15(24-4)11-18(17)25-5/h7,9,11,13-14,16,19H,6,8,10,12H2,1-5H3/t14-,16+,19-/m1/s1. The van der Waals surface area contributed by atoms with Gasteiger partial charge in [0.15, 0.2) is 6.61 Å². The zero-order valence-corrected chi connectivity index (χ0v) is 16.8. The molecule has 0 aliphatic heterocycles. The zero-order valence-electron chi connectivity index (χ0n) is 16.8. The van der Waals surface area contributed by atoms with E-state index in [0.29, 0.717) is 29.3 Å². The second kappa shape index (κ2) is 9.62. The van der Waals surface area contributed by atoms with E-state index in [0.717, 1.165) is 19.3 Å². The van der Waals surface area contributed by atoms with E-state index in [1.54, 1.807) is 18.2 Å². The molecule has 0 aromatic heterocycles. The SMILES string of the molecule is COc1ccc(C(=O)OCC(=O)O[C@@H]2C[C@H](C)CC[C@H]2C(C)C)c(OC)c1. The topological polar surface area (TPSA) is 71.1 Å². The highest BCUT2D eigenvalue weighted by atomic mass is 16.6. The number of carbonyl (C=O) groups excluding carboxylic acids is 2. The Morgan fingerprint density at radius 2 is 1.89 bits per heavy atom. The minimum Gasteiger partial charge on any atom is -0.497 e. The molecule has 0 bridgehead atoms. The Labute approximate surface area is 161 Å². The maximum absolute atomic E-state index is 12.3. The monoisotopic (exact) mass is 378 g/mol. The lowest BCUT2D eigenvalue weighted by atomic mass is 9.75. The molecule has 2 rings (SSSR count). The molecule has 1 fully saturated rings. The average Bonchev–Trinajstić information content (AvgIpc) is 2.65. The van der Waals surface area contributed by atoms with E-state index in [1.807, 2.05) is 0 Å². The highest BCUT2D eigenvalue weighted by molar-refractivity contribution is 5.93. The van der Waals surface area contributed by atoms with Crippen LogP contribution in [0.1, 0.15) is 50.4 Å². The number of rotatable bonds is 7. The first-order valence-electron chi connectivity index (χ1n) is 9.44. The molecule has 0 saturated heterocycles. The molecule has 0 spiro atoms. The number of ether oxygens (including phenoxy) is 4. The Bertz CT molecular complexity index is 654. The summed E-state index contributed by atoms with van der Waals surface area (Å²) in [6.07, 6.45) is 2.95. The van der Waals surface area contributed by atoms with Crippen LogP contribution in [0.4, 0.5) is 0 Å². The third-order valence-corrected chi connectivity index (χ3v) is 5.19. The van der Waals surface area contributed by atoms with Crippen LogP contribution >= 0.6 is 0 Å². The molecule has 3 atom stereocenters. The molecule has 6 nitrogen and oxygen atoms in total. The van der Waals surface area contributed by atoms with Crippen molar-refractivity contribution in [2.75, 3.05) is 20.8 Å². The molecule has 0 unspecified atom stereocenters. The minimum atomic E-state index is -0.635. The number of benzene rings is 1. The Morgan fingerprint density at radius 1 is 1.15 bits per heavy atom. The summed E-state index contributed by atoms with van der Waals surface area (Å²) in [5.41, 5.74) is 0.234. The lowest BCUT2D eigenvalue weighted by Gasteiger charge is -2.36. The minimum absolute atomic E-state index is 0.115. The van der Waals surface area contributed by atoms with Crippen LogP contribution in [0.3, 0.4) is 0 Å². The zero-order chi connectivity index (χ0) is 20.0. The van der Waals surface area contributed by atoms with Gasteiger partial charge in [-0.2, -0.15) is 0 Å². The predicted octanol–water partition coefficient (Wildman–Crippen LogP) is 3.86. The number of carbonyl (C=O) groups is 2. The third kappa shape index (κ3) is 5.62. The van der Waals surface area contributed by atoms with Gasteiger partial charge in [0.05, 0.1) is 14.2 Å². The number of esters is 2. The highest BCUT2D eigenvalue weighted by Crippen LogP contribution is 2.35. The van der Waals surface area contributed by atoms with Gasteiger partial charge in [0.25, 0.3) is 0 Å². The Morgan fingerprint density at radius 3 is 2.52 bits per heavy atom. The summed E-state index contributed by atoms with van der Waals surface area (Å²) in [6.45, 7) is 6.06. The molecule has 0 heterocycles. The molecule has 0 radical (unpaired) electrons. The van der Waals surface area contributed by atoms with E-state index in [4.69, 9.17) is 18.9 Å². The summed E-state index contributed by atoms with van der Waals surface area (Å²) in [5.74, 6) is 1.07. The van der Waals surface area contributed by atoms with Gasteiger partial charge >= 0.3 is 11.9 Å². The van der Waals surface area contributed by atoms with Crippen LogP contribution < -0.4 is 9.47 Å². The summed E-state index contributed by atoms with van der Waals surface area (Å²) < 4.78 is 21.1. The lowest BCUT2D eigenvalue weighted by molar-refractivity contribution is -0.159. The van der Waals surface area contributed by atoms with Crippen LogP contribution in [-0.2, 0) is 14.3 Å². The molecule has 1 aliphatic rings. The van der Waals surface area contributed by atoms with Crippen LogP contribution in [0.2, 0.25) is 0 Å². The van der Waals surface area contributed by atoms with E-state index in [-0.39, 0.29) is 11.7 Å². The summed E-state index contributed by atoms with van der Waals surface area (Å²) >= 11 is 0. The highest BCUT2D eigenvalue weighted by Gasteiger charge is 2.33. The van der Waals surface area contributed by atoms with Crippen LogP contribution in [0.15, 0.2) is 18.2 Å². The number of hydrogen-bond donors (Lipinski definition) is 0. The third-order valence-electron chi connectivity index (χ3n) is 5.19. The second-order valence-corrected chi connectivity index (χ2v) is 7.50. The van der Waals surface area contributed by atoms with Crippen molar-refractivity contribution < 1.29 is 28.5 Å². The van der Waals surface area contributed by atoms with E-state index in [1.165, 1.54) is 14.2 Å². The van der Waals surface area contributed by atoms with Crippen LogP contribution in [0.25, 0.3) is 0 Å². The van der Waals surface area contributed by atoms with Crippen molar-refractivity contribution in [2.24, 2.45) is 17.8 Å². The van der Waals surface area contributed by atoms with Gasteiger partial charge in [0.1, 0.15) is 23.2 Å². The van der Waals surface area contributed by atoms with E-state index < -0.39 is 18.5 Å². The molecular formula is C21H30O6. The summed E-state index contributed by atoms with van der Waals surface area (Å²) in [5, 5.41) is 0. The van der Waals surface area contributed by atoms with Crippen LogP contribution in [0.5, 0.6) is 11.5 Å². The Balaban J connectivity index is 1.93. The second-order valence-electron chi connectivity index (χ2n) is 7.50. The number of methoxy groups -OCH3 is 2. The molecular weight excluding hydrogens is 348 g/mol. The molecule has 27 heavy (non-hydrogen) atoms. The fourth-order valence-electron chi connectivity index (χ4n) is 3.62. The Kier molecular flexibility index (Phi) is 7.51. The van der Waals surface area contributed by atoms with E-state index >= 15 is 0 Å². The van der Waals surface area contributed by atoms with Gasteiger partial charge in [0, 0.05) is 6.07 Å². The smallest absolute Gasteiger partial charge is 0.344 e. The first-order chi connectivity index (χ1) is 12.8. The molecule has 1 aromatic rings. The van der Waals surface area contributed by atoms with Crippen molar-refractivity contribution in [1.82, 2.24) is 0 Å². The molecule has 1 saturated carbocycles. The van der Waals surface area contributed by atoms with Crippen LogP contribution in [0, 0.1) is 17.8 Å².